The maximum Gasteiger partial charge on any atom is 0.193 e. The van der Waals surface area contributed by atoms with Crippen molar-refractivity contribution in [1.82, 2.24) is 5.43 Å². The van der Waals surface area contributed by atoms with Gasteiger partial charge in [0, 0.05) is 31.2 Å². The Kier molecular flexibility index (Phi) is 6.72. The van der Waals surface area contributed by atoms with E-state index < -0.39 is 0 Å². The highest BCUT2D eigenvalue weighted by atomic mass is 79.9. The number of hydrogen-bond acceptors (Lipinski definition) is 3. The molecule has 4 nitrogen and oxygen atoms in total. The van der Waals surface area contributed by atoms with Crippen LogP contribution in [0.2, 0.25) is 0 Å². The normalized spacial score (nSPS) is 11.1. The molecule has 140 valence electrons. The van der Waals surface area contributed by atoms with Crippen LogP contribution in [0.4, 0.5) is 0 Å². The number of nitrogens with one attached hydrogen (secondary N) is 1. The smallest absolute Gasteiger partial charge is 0.193 e. The van der Waals surface area contributed by atoms with Crippen LogP contribution in [0.15, 0.2) is 86.8 Å². The topological polar surface area (TPSA) is 67.5 Å². The van der Waals surface area contributed by atoms with E-state index in [1.165, 1.54) is 0 Å². The number of halogens is 2. The second-order valence-corrected chi connectivity index (χ2v) is 8.13. The van der Waals surface area contributed by atoms with Crippen LogP contribution < -0.4 is 11.2 Å². The summed E-state index contributed by atoms with van der Waals surface area (Å²) < 4.78 is 1.88. The van der Waals surface area contributed by atoms with E-state index in [0.717, 1.165) is 20.1 Å². The summed E-state index contributed by atoms with van der Waals surface area (Å²) in [5.74, 6) is -0.0631. The summed E-state index contributed by atoms with van der Waals surface area (Å²) in [7, 11) is 0. The van der Waals surface area contributed by atoms with Crippen molar-refractivity contribution in [3.63, 3.8) is 0 Å². The lowest BCUT2D eigenvalue weighted by molar-refractivity contribution is 0.103. The maximum absolute atomic E-state index is 12.9. The molecule has 0 saturated carbocycles. The summed E-state index contributed by atoms with van der Waals surface area (Å²) in [4.78, 5) is 12.9. The van der Waals surface area contributed by atoms with Gasteiger partial charge in [0.2, 0.25) is 0 Å². The molecule has 0 saturated heterocycles. The van der Waals surface area contributed by atoms with Crippen LogP contribution in [-0.4, -0.2) is 16.6 Å². The lowest BCUT2D eigenvalue weighted by Gasteiger charge is -2.10. The zero-order valence-electron chi connectivity index (χ0n) is 14.5. The van der Waals surface area contributed by atoms with Gasteiger partial charge in [0.15, 0.2) is 10.9 Å². The van der Waals surface area contributed by atoms with Crippen molar-refractivity contribution < 1.29 is 4.79 Å². The minimum absolute atomic E-state index is 0.0631. The average Bonchev–Trinajstić information content (AvgIpc) is 2.69. The highest BCUT2D eigenvalue weighted by Gasteiger charge is 2.13. The summed E-state index contributed by atoms with van der Waals surface area (Å²) in [6, 6.07) is 22.3. The van der Waals surface area contributed by atoms with Gasteiger partial charge in [-0.1, -0.05) is 62.2 Å². The lowest BCUT2D eigenvalue weighted by atomic mass is 9.97. The van der Waals surface area contributed by atoms with E-state index in [4.69, 9.17) is 18.0 Å². The van der Waals surface area contributed by atoms with Crippen molar-refractivity contribution in [2.24, 2.45) is 10.8 Å². The minimum Gasteiger partial charge on any atom is -0.375 e. The molecule has 0 spiro atoms. The fourth-order valence-electron chi connectivity index (χ4n) is 2.59. The molecule has 3 aromatic rings. The molecule has 28 heavy (non-hydrogen) atoms. The summed E-state index contributed by atoms with van der Waals surface area (Å²) in [5, 5.41) is 4.41. The highest BCUT2D eigenvalue weighted by molar-refractivity contribution is 9.10. The fraction of sp³-hybridized carbons (Fsp3) is 0. The molecule has 3 N–H and O–H groups in total. The van der Waals surface area contributed by atoms with Crippen molar-refractivity contribution in [3.05, 3.63) is 104 Å². The Morgan fingerprint density at radius 2 is 1.36 bits per heavy atom. The molecule has 3 rings (SSSR count). The summed E-state index contributed by atoms with van der Waals surface area (Å²) in [5.41, 5.74) is 11.6. The van der Waals surface area contributed by atoms with Crippen LogP contribution in [-0.2, 0) is 0 Å². The molecule has 0 unspecified atom stereocenters. The van der Waals surface area contributed by atoms with Gasteiger partial charge in [-0.05, 0) is 54.7 Å². The number of nitrogens with two attached hydrogens (primary N) is 1. The zero-order valence-corrected chi connectivity index (χ0v) is 18.5. The Balaban J connectivity index is 2.01. The number of carbonyl (C=O) groups is 1. The van der Waals surface area contributed by atoms with Crippen LogP contribution >= 0.6 is 44.1 Å². The SMILES string of the molecule is NC(=S)NN=C(c1ccc(Br)cc1)c1cccc(C(=O)c2ccc(Br)cc2)c1. The maximum atomic E-state index is 12.9. The molecule has 0 fully saturated rings. The van der Waals surface area contributed by atoms with Crippen molar-refractivity contribution >= 4 is 60.7 Å². The van der Waals surface area contributed by atoms with Gasteiger partial charge in [-0.2, -0.15) is 5.10 Å². The third kappa shape index (κ3) is 5.13. The monoisotopic (exact) mass is 515 g/mol. The third-order valence-corrected chi connectivity index (χ3v) is 5.05. The molecule has 0 aliphatic rings. The number of rotatable bonds is 5. The first kappa shape index (κ1) is 20.4. The van der Waals surface area contributed by atoms with Crippen molar-refractivity contribution in [3.8, 4) is 0 Å². The predicted molar refractivity (Wildman–Crippen MR) is 124 cm³/mol. The van der Waals surface area contributed by atoms with Crippen LogP contribution in [0, 0.1) is 0 Å². The van der Waals surface area contributed by atoms with Gasteiger partial charge in [-0.25, -0.2) is 0 Å². The highest BCUT2D eigenvalue weighted by Crippen LogP contribution is 2.19. The number of nitrogens with zero attached hydrogens (tertiary/aromatic N) is 1. The van der Waals surface area contributed by atoms with E-state index in [1.807, 2.05) is 54.6 Å². The molecule has 0 aliphatic heterocycles. The second-order valence-electron chi connectivity index (χ2n) is 5.86. The van der Waals surface area contributed by atoms with Gasteiger partial charge < -0.3 is 5.73 Å². The quantitative estimate of drug-likeness (QED) is 0.216. The Bertz CT molecular complexity index is 1050. The molecule has 0 heterocycles. The van der Waals surface area contributed by atoms with Gasteiger partial charge in [0.05, 0.1) is 5.71 Å². The molecule has 0 aromatic heterocycles. The molecular weight excluding hydrogens is 502 g/mol. The van der Waals surface area contributed by atoms with E-state index in [-0.39, 0.29) is 10.9 Å². The Morgan fingerprint density at radius 1 is 0.821 bits per heavy atom. The molecular formula is C21H15Br2N3OS. The Labute approximate surface area is 185 Å². The van der Waals surface area contributed by atoms with Crippen LogP contribution in [0.1, 0.15) is 27.0 Å². The number of carbonyl (C=O) groups excluding carboxylic acids is 1. The van der Waals surface area contributed by atoms with Gasteiger partial charge in [0.25, 0.3) is 0 Å². The number of hydrogen-bond donors (Lipinski definition) is 2. The Hall–Kier alpha value is -2.35. The third-order valence-electron chi connectivity index (χ3n) is 3.90. The molecule has 0 radical (unpaired) electrons. The van der Waals surface area contributed by atoms with Crippen molar-refractivity contribution in [2.75, 3.05) is 0 Å². The lowest BCUT2D eigenvalue weighted by Crippen LogP contribution is -2.26. The number of thiocarbonyl (C=S) groups is 1. The van der Waals surface area contributed by atoms with Gasteiger partial charge >= 0.3 is 0 Å². The molecule has 7 heteroatoms. The first-order valence-corrected chi connectivity index (χ1v) is 10.2. The van der Waals surface area contributed by atoms with Gasteiger partial charge in [0.1, 0.15) is 0 Å². The summed E-state index contributed by atoms with van der Waals surface area (Å²) >= 11 is 11.7. The first-order valence-electron chi connectivity index (χ1n) is 8.24. The van der Waals surface area contributed by atoms with Gasteiger partial charge in [-0.3, -0.25) is 10.2 Å². The van der Waals surface area contributed by atoms with E-state index >= 15 is 0 Å². The van der Waals surface area contributed by atoms with Crippen molar-refractivity contribution in [1.29, 1.82) is 0 Å². The predicted octanol–water partition coefficient (Wildman–Crippen LogP) is 5.03. The van der Waals surface area contributed by atoms with E-state index in [0.29, 0.717) is 16.8 Å². The molecule has 0 aliphatic carbocycles. The average molecular weight is 517 g/mol. The van der Waals surface area contributed by atoms with Crippen molar-refractivity contribution in [2.45, 2.75) is 0 Å². The van der Waals surface area contributed by atoms with E-state index in [9.17, 15) is 4.79 Å². The second kappa shape index (κ2) is 9.23. The molecule has 0 atom stereocenters. The largest absolute Gasteiger partial charge is 0.375 e. The molecule has 0 amide bonds. The Morgan fingerprint density at radius 3 is 1.93 bits per heavy atom. The first-order chi connectivity index (χ1) is 13.4. The number of benzene rings is 3. The standard InChI is InChI=1S/C21H15Br2N3OS/c22-17-8-4-13(5-9-17)19(25-26-21(24)28)15-2-1-3-16(12-15)20(27)14-6-10-18(23)11-7-14/h1-12H,(H3,24,26,28). The zero-order chi connectivity index (χ0) is 20.1. The summed E-state index contributed by atoms with van der Waals surface area (Å²) in [6.45, 7) is 0. The van der Waals surface area contributed by atoms with Crippen LogP contribution in [0.3, 0.4) is 0 Å². The van der Waals surface area contributed by atoms with Gasteiger partial charge in [-0.15, -0.1) is 0 Å². The number of hydrazone groups is 1. The van der Waals surface area contributed by atoms with E-state index in [2.05, 4.69) is 42.4 Å². The fourth-order valence-corrected chi connectivity index (χ4v) is 3.16. The molecule has 3 aromatic carbocycles. The van der Waals surface area contributed by atoms with Crippen LogP contribution in [0.25, 0.3) is 0 Å². The van der Waals surface area contributed by atoms with E-state index in [1.54, 1.807) is 18.2 Å². The van der Waals surface area contributed by atoms with Crippen LogP contribution in [0.5, 0.6) is 0 Å². The number of ketones is 1. The minimum atomic E-state index is -0.0631. The molecule has 0 bridgehead atoms. The summed E-state index contributed by atoms with van der Waals surface area (Å²) in [6.07, 6.45) is 0.